The fraction of sp³-hybridized carbons (Fsp3) is 0.400. The Labute approximate surface area is 60.9 Å². The predicted molar refractivity (Wildman–Crippen MR) is 39.2 cm³/mol. The predicted octanol–water partition coefficient (Wildman–Crippen LogP) is 2.47. The van der Waals surface area contributed by atoms with Gasteiger partial charge in [-0.3, -0.25) is 0 Å². The van der Waals surface area contributed by atoms with Gasteiger partial charge in [0.15, 0.2) is 0 Å². The van der Waals surface area contributed by atoms with Crippen LogP contribution in [0.15, 0.2) is 10.1 Å². The van der Waals surface area contributed by atoms with Crippen molar-refractivity contribution >= 4 is 27.3 Å². The van der Waals surface area contributed by atoms with Crippen LogP contribution in [0.2, 0.25) is 0 Å². The average Bonchev–Trinajstić information content (AvgIpc) is 2.14. The van der Waals surface area contributed by atoms with Gasteiger partial charge in [0.2, 0.25) is 0 Å². The molecular weight excluding hydrogens is 186 g/mol. The summed E-state index contributed by atoms with van der Waals surface area (Å²) in [4.78, 5) is 5.35. The van der Waals surface area contributed by atoms with Crippen molar-refractivity contribution in [2.24, 2.45) is 0 Å². The van der Waals surface area contributed by atoms with Gasteiger partial charge in [-0.1, -0.05) is 6.92 Å². The molecule has 3 heteroatoms. The first-order valence-electron chi connectivity index (χ1n) is 2.42. The first kappa shape index (κ1) is 6.23. The van der Waals surface area contributed by atoms with Gasteiger partial charge in [-0.2, -0.15) is 0 Å². The minimum atomic E-state index is 1.00. The molecule has 0 unspecified atom stereocenters. The van der Waals surface area contributed by atoms with Crippen molar-refractivity contribution in [2.75, 3.05) is 0 Å². The minimum absolute atomic E-state index is 1.00. The van der Waals surface area contributed by atoms with E-state index in [4.69, 9.17) is 0 Å². The maximum absolute atomic E-state index is 4.02. The highest BCUT2D eigenvalue weighted by Gasteiger charge is 1.96. The third-order valence-electron chi connectivity index (χ3n) is 0.912. The van der Waals surface area contributed by atoms with E-state index in [1.165, 1.54) is 4.88 Å². The molecule has 0 atom stereocenters. The van der Waals surface area contributed by atoms with Gasteiger partial charge in [-0.05, 0) is 22.4 Å². The van der Waals surface area contributed by atoms with Crippen molar-refractivity contribution in [3.63, 3.8) is 0 Å². The van der Waals surface area contributed by atoms with Gasteiger partial charge in [0, 0.05) is 4.88 Å². The Morgan fingerprint density at radius 2 is 2.62 bits per heavy atom. The number of hydrogen-bond donors (Lipinski definition) is 0. The van der Waals surface area contributed by atoms with Gasteiger partial charge >= 0.3 is 0 Å². The van der Waals surface area contributed by atoms with Crippen LogP contribution in [0.3, 0.4) is 0 Å². The number of aromatic nitrogens is 1. The number of nitrogens with zero attached hydrogens (tertiary/aromatic N) is 1. The molecule has 8 heavy (non-hydrogen) atoms. The van der Waals surface area contributed by atoms with E-state index in [9.17, 15) is 0 Å². The lowest BCUT2D eigenvalue weighted by Gasteiger charge is -1.83. The largest absolute Gasteiger partial charge is 0.237 e. The fourth-order valence-electron chi connectivity index (χ4n) is 0.486. The molecule has 0 fully saturated rings. The number of halogens is 1. The summed E-state index contributed by atoms with van der Waals surface area (Å²) in [5.41, 5.74) is 1.85. The quantitative estimate of drug-likeness (QED) is 0.665. The Hall–Kier alpha value is 0.110. The molecule has 0 amide bonds. The van der Waals surface area contributed by atoms with Gasteiger partial charge in [0.05, 0.1) is 5.51 Å². The summed E-state index contributed by atoms with van der Waals surface area (Å²) in [5, 5.41) is 0. The van der Waals surface area contributed by atoms with E-state index in [0.717, 1.165) is 11.0 Å². The lowest BCUT2D eigenvalue weighted by atomic mass is 10.4. The van der Waals surface area contributed by atoms with Crippen molar-refractivity contribution < 1.29 is 0 Å². The Kier molecular flexibility index (Phi) is 2.02. The molecule has 0 N–H and O–H groups in total. The number of aryl methyl sites for hydroxylation is 1. The Bertz CT molecular complexity index is 173. The second kappa shape index (κ2) is 2.60. The smallest absolute Gasteiger partial charge is 0.120 e. The van der Waals surface area contributed by atoms with E-state index < -0.39 is 0 Å². The van der Waals surface area contributed by atoms with Crippen molar-refractivity contribution in [1.82, 2.24) is 4.98 Å². The van der Waals surface area contributed by atoms with E-state index in [1.54, 1.807) is 11.3 Å². The van der Waals surface area contributed by atoms with Crippen LogP contribution >= 0.6 is 27.3 Å². The Balaban J connectivity index is 2.92. The highest BCUT2D eigenvalue weighted by atomic mass is 79.9. The van der Waals surface area contributed by atoms with Crippen molar-refractivity contribution in [3.05, 3.63) is 15.0 Å². The second-order valence-electron chi connectivity index (χ2n) is 1.42. The molecule has 1 aromatic rings. The molecule has 0 saturated carbocycles. The summed E-state index contributed by atoms with van der Waals surface area (Å²) in [7, 11) is 0. The molecule has 0 aliphatic heterocycles. The fourth-order valence-corrected chi connectivity index (χ4v) is 1.89. The number of thiazole rings is 1. The van der Waals surface area contributed by atoms with Crippen LogP contribution in [0.5, 0.6) is 0 Å². The Morgan fingerprint density at radius 1 is 1.88 bits per heavy atom. The summed E-state index contributed by atoms with van der Waals surface area (Å²) < 4.78 is 1.00. The molecule has 1 aromatic heterocycles. The minimum Gasteiger partial charge on any atom is -0.237 e. The van der Waals surface area contributed by atoms with Gasteiger partial charge in [-0.15, -0.1) is 11.3 Å². The van der Waals surface area contributed by atoms with Crippen LogP contribution in [0.25, 0.3) is 0 Å². The van der Waals surface area contributed by atoms with Gasteiger partial charge in [-0.25, -0.2) is 4.98 Å². The lowest BCUT2D eigenvalue weighted by molar-refractivity contribution is 1.15. The number of hydrogen-bond acceptors (Lipinski definition) is 2. The lowest BCUT2D eigenvalue weighted by Crippen LogP contribution is -1.70. The summed E-state index contributed by atoms with van der Waals surface area (Å²) in [6, 6.07) is 0. The number of rotatable bonds is 1. The standard InChI is InChI=1S/C5H6BrNS/c1-2-4-5(6)7-3-8-4/h3H,2H2,1H3. The van der Waals surface area contributed by atoms with Crippen LogP contribution in [-0.4, -0.2) is 4.98 Å². The van der Waals surface area contributed by atoms with Crippen LogP contribution in [0.4, 0.5) is 0 Å². The van der Waals surface area contributed by atoms with Crippen molar-refractivity contribution in [3.8, 4) is 0 Å². The maximum Gasteiger partial charge on any atom is 0.120 e. The molecule has 0 aliphatic rings. The molecule has 1 heterocycles. The van der Waals surface area contributed by atoms with Gasteiger partial charge in [0.25, 0.3) is 0 Å². The average molecular weight is 192 g/mol. The summed E-state index contributed by atoms with van der Waals surface area (Å²) in [5.74, 6) is 0. The zero-order valence-corrected chi connectivity index (χ0v) is 6.92. The second-order valence-corrected chi connectivity index (χ2v) is 3.11. The first-order valence-corrected chi connectivity index (χ1v) is 4.09. The molecule has 0 aromatic carbocycles. The van der Waals surface area contributed by atoms with Crippen molar-refractivity contribution in [2.45, 2.75) is 13.3 Å². The first-order chi connectivity index (χ1) is 3.84. The third kappa shape index (κ3) is 1.09. The molecule has 0 spiro atoms. The molecule has 1 nitrogen and oxygen atoms in total. The topological polar surface area (TPSA) is 12.9 Å². The zero-order valence-electron chi connectivity index (χ0n) is 4.52. The molecule has 0 saturated heterocycles. The molecular formula is C5H6BrNS. The van der Waals surface area contributed by atoms with Gasteiger partial charge in [0.1, 0.15) is 4.60 Å². The van der Waals surface area contributed by atoms with Crippen molar-refractivity contribution in [1.29, 1.82) is 0 Å². The molecule has 1 rings (SSSR count). The van der Waals surface area contributed by atoms with E-state index in [2.05, 4.69) is 27.8 Å². The van der Waals surface area contributed by atoms with E-state index in [1.807, 2.05) is 5.51 Å². The summed E-state index contributed by atoms with van der Waals surface area (Å²) in [6.07, 6.45) is 1.07. The molecule has 0 aliphatic carbocycles. The molecule has 44 valence electrons. The highest BCUT2D eigenvalue weighted by molar-refractivity contribution is 9.10. The highest BCUT2D eigenvalue weighted by Crippen LogP contribution is 2.18. The van der Waals surface area contributed by atoms with Gasteiger partial charge < -0.3 is 0 Å². The SMILES string of the molecule is CCc1scnc1Br. The molecule has 0 radical (unpaired) electrons. The summed E-state index contributed by atoms with van der Waals surface area (Å²) in [6.45, 7) is 2.12. The van der Waals surface area contributed by atoms with E-state index in [0.29, 0.717) is 0 Å². The maximum atomic E-state index is 4.02. The van der Waals surface area contributed by atoms with Crippen LogP contribution < -0.4 is 0 Å². The molecule has 0 bridgehead atoms. The van der Waals surface area contributed by atoms with Crippen LogP contribution in [0, 0.1) is 0 Å². The van der Waals surface area contributed by atoms with Crippen LogP contribution in [0.1, 0.15) is 11.8 Å². The Morgan fingerprint density at radius 3 is 2.88 bits per heavy atom. The zero-order chi connectivity index (χ0) is 5.98. The normalized spacial score (nSPS) is 9.75. The third-order valence-corrected chi connectivity index (χ3v) is 2.84. The van der Waals surface area contributed by atoms with E-state index >= 15 is 0 Å². The van der Waals surface area contributed by atoms with Crippen LogP contribution in [-0.2, 0) is 6.42 Å². The summed E-state index contributed by atoms with van der Waals surface area (Å²) >= 11 is 5.02. The monoisotopic (exact) mass is 191 g/mol. The van der Waals surface area contributed by atoms with E-state index in [-0.39, 0.29) is 0 Å².